The maximum Gasteiger partial charge on any atom is 0.252 e. The fraction of sp³-hybridized carbons (Fsp3) is 0.450. The van der Waals surface area contributed by atoms with Crippen molar-refractivity contribution in [1.82, 2.24) is 20.2 Å². The lowest BCUT2D eigenvalue weighted by molar-refractivity contribution is -0.125. The third-order valence-corrected chi connectivity index (χ3v) is 5.68. The van der Waals surface area contributed by atoms with Gasteiger partial charge in [0.25, 0.3) is 5.56 Å². The first-order valence-electron chi connectivity index (χ1n) is 9.56. The van der Waals surface area contributed by atoms with Crippen LogP contribution in [-0.2, 0) is 11.2 Å². The van der Waals surface area contributed by atoms with Crippen molar-refractivity contribution in [1.29, 1.82) is 0 Å². The fourth-order valence-electron chi connectivity index (χ4n) is 4.53. The Morgan fingerprint density at radius 2 is 2.15 bits per heavy atom. The Bertz CT molecular complexity index is 866. The van der Waals surface area contributed by atoms with Crippen LogP contribution in [-0.4, -0.2) is 39.9 Å². The Balaban J connectivity index is 1.39. The van der Waals surface area contributed by atoms with Crippen LogP contribution in [0.5, 0.6) is 0 Å². The average molecular weight is 367 g/mol. The van der Waals surface area contributed by atoms with E-state index >= 15 is 0 Å². The number of hydrogen-bond acceptors (Lipinski definition) is 5. The molecule has 7 nitrogen and oxygen atoms in total. The summed E-state index contributed by atoms with van der Waals surface area (Å²) in [6.45, 7) is 1.49. The summed E-state index contributed by atoms with van der Waals surface area (Å²) in [7, 11) is 0. The smallest absolute Gasteiger partial charge is 0.252 e. The average Bonchev–Trinajstić information content (AvgIpc) is 3.24. The number of nitrogens with two attached hydrogens (primary N) is 1. The fourth-order valence-corrected chi connectivity index (χ4v) is 4.53. The number of H-pyrrole nitrogens is 1. The summed E-state index contributed by atoms with van der Waals surface area (Å²) in [6.07, 6.45) is 3.53. The highest BCUT2D eigenvalue weighted by Gasteiger charge is 2.46. The molecule has 0 saturated carbocycles. The minimum absolute atomic E-state index is 0.00515. The first-order chi connectivity index (χ1) is 13.1. The SMILES string of the molecule is Nc1cc(=O)[nH]c(CCNC(=O)[C@@H]2C[C@H](c3ccccc3)N3CCC[C@@H]23)n1. The second kappa shape index (κ2) is 7.52. The van der Waals surface area contributed by atoms with Gasteiger partial charge in [-0.3, -0.25) is 14.5 Å². The van der Waals surface area contributed by atoms with Gasteiger partial charge in [0.1, 0.15) is 11.6 Å². The molecule has 2 aliphatic heterocycles. The summed E-state index contributed by atoms with van der Waals surface area (Å²) in [5, 5.41) is 3.03. The van der Waals surface area contributed by atoms with Crippen molar-refractivity contribution < 1.29 is 4.79 Å². The van der Waals surface area contributed by atoms with E-state index in [4.69, 9.17) is 5.73 Å². The number of amides is 1. The van der Waals surface area contributed by atoms with Crippen LogP contribution < -0.4 is 16.6 Å². The summed E-state index contributed by atoms with van der Waals surface area (Å²) >= 11 is 0. The molecule has 27 heavy (non-hydrogen) atoms. The molecule has 0 spiro atoms. The van der Waals surface area contributed by atoms with Crippen molar-refractivity contribution in [3.8, 4) is 0 Å². The highest BCUT2D eigenvalue weighted by molar-refractivity contribution is 5.80. The Labute approximate surface area is 158 Å². The van der Waals surface area contributed by atoms with Crippen LogP contribution in [0, 0.1) is 5.92 Å². The largest absolute Gasteiger partial charge is 0.383 e. The lowest BCUT2D eigenvalue weighted by atomic mass is 9.93. The van der Waals surface area contributed by atoms with Gasteiger partial charge in [-0.05, 0) is 31.4 Å². The molecule has 4 rings (SSSR count). The van der Waals surface area contributed by atoms with E-state index in [0.717, 1.165) is 25.8 Å². The van der Waals surface area contributed by atoms with Crippen molar-refractivity contribution >= 4 is 11.7 Å². The molecular weight excluding hydrogens is 342 g/mol. The summed E-state index contributed by atoms with van der Waals surface area (Å²) < 4.78 is 0. The number of nitrogen functional groups attached to an aromatic ring is 1. The predicted octanol–water partition coefficient (Wildman–Crippen LogP) is 1.24. The van der Waals surface area contributed by atoms with E-state index in [1.165, 1.54) is 11.6 Å². The number of anilines is 1. The van der Waals surface area contributed by atoms with Crippen LogP contribution in [0.25, 0.3) is 0 Å². The summed E-state index contributed by atoms with van der Waals surface area (Å²) in [5.41, 5.74) is 6.62. The van der Waals surface area contributed by atoms with Gasteiger partial charge in [0, 0.05) is 31.1 Å². The minimum Gasteiger partial charge on any atom is -0.383 e. The normalized spacial score (nSPS) is 24.7. The van der Waals surface area contributed by atoms with E-state index in [2.05, 4.69) is 44.5 Å². The number of nitrogens with zero attached hydrogens (tertiary/aromatic N) is 2. The molecule has 1 aromatic carbocycles. The van der Waals surface area contributed by atoms with Crippen molar-refractivity contribution in [3.63, 3.8) is 0 Å². The molecule has 1 amide bonds. The van der Waals surface area contributed by atoms with Crippen LogP contribution in [0.15, 0.2) is 41.2 Å². The number of hydrogen-bond donors (Lipinski definition) is 3. The molecular formula is C20H25N5O2. The minimum atomic E-state index is -0.271. The first-order valence-corrected chi connectivity index (χ1v) is 9.56. The molecule has 0 radical (unpaired) electrons. The highest BCUT2D eigenvalue weighted by Crippen LogP contribution is 2.44. The molecule has 0 aliphatic carbocycles. The van der Waals surface area contributed by atoms with E-state index < -0.39 is 0 Å². The molecule has 7 heteroatoms. The van der Waals surface area contributed by atoms with E-state index in [1.54, 1.807) is 0 Å². The van der Waals surface area contributed by atoms with Gasteiger partial charge < -0.3 is 16.0 Å². The standard InChI is InChI=1S/C20H25N5O2/c21-17-12-19(26)24-18(23-17)8-9-22-20(27)14-11-16(13-5-2-1-3-6-13)25-10-4-7-15(14)25/h1-3,5-6,12,14-16H,4,7-11H2,(H,22,27)(H3,21,23,24,26)/t14-,15+,16-/m1/s1. The lowest BCUT2D eigenvalue weighted by Crippen LogP contribution is -2.38. The van der Waals surface area contributed by atoms with E-state index in [-0.39, 0.29) is 23.2 Å². The van der Waals surface area contributed by atoms with E-state index in [0.29, 0.717) is 30.9 Å². The highest BCUT2D eigenvalue weighted by atomic mass is 16.2. The van der Waals surface area contributed by atoms with Crippen molar-refractivity contribution in [2.75, 3.05) is 18.8 Å². The molecule has 0 unspecified atom stereocenters. The zero-order chi connectivity index (χ0) is 18.8. The summed E-state index contributed by atoms with van der Waals surface area (Å²) in [5.74, 6) is 0.793. The molecule has 4 N–H and O–H groups in total. The van der Waals surface area contributed by atoms with Gasteiger partial charge in [-0.25, -0.2) is 4.98 Å². The van der Waals surface area contributed by atoms with Crippen LogP contribution in [0.2, 0.25) is 0 Å². The molecule has 2 saturated heterocycles. The van der Waals surface area contributed by atoms with Gasteiger partial charge in [-0.2, -0.15) is 0 Å². The third kappa shape index (κ3) is 3.73. The van der Waals surface area contributed by atoms with Crippen LogP contribution in [0.3, 0.4) is 0 Å². The van der Waals surface area contributed by atoms with Gasteiger partial charge >= 0.3 is 0 Å². The predicted molar refractivity (Wildman–Crippen MR) is 103 cm³/mol. The van der Waals surface area contributed by atoms with Gasteiger partial charge in [-0.1, -0.05) is 30.3 Å². The first kappa shape index (κ1) is 17.7. The number of carbonyl (C=O) groups excluding carboxylic acids is 1. The number of fused-ring (bicyclic) bond motifs is 1. The van der Waals surface area contributed by atoms with Crippen LogP contribution in [0.4, 0.5) is 5.82 Å². The Morgan fingerprint density at radius 1 is 1.33 bits per heavy atom. The Hall–Kier alpha value is -2.67. The topological polar surface area (TPSA) is 104 Å². The third-order valence-electron chi connectivity index (χ3n) is 5.68. The van der Waals surface area contributed by atoms with E-state index in [1.807, 2.05) is 6.07 Å². The zero-order valence-electron chi connectivity index (χ0n) is 15.2. The maximum atomic E-state index is 12.8. The summed E-state index contributed by atoms with van der Waals surface area (Å²) in [6, 6.07) is 12.4. The van der Waals surface area contributed by atoms with Gasteiger partial charge in [0.2, 0.25) is 5.91 Å². The molecule has 3 heterocycles. The second-order valence-corrected chi connectivity index (χ2v) is 7.37. The number of rotatable bonds is 5. The number of aromatic nitrogens is 2. The maximum absolute atomic E-state index is 12.8. The van der Waals surface area contributed by atoms with E-state index in [9.17, 15) is 9.59 Å². The van der Waals surface area contributed by atoms with Crippen LogP contribution in [0.1, 0.15) is 36.7 Å². The van der Waals surface area contributed by atoms with Gasteiger partial charge in [0.05, 0.1) is 5.92 Å². The van der Waals surface area contributed by atoms with Crippen molar-refractivity contribution in [3.05, 3.63) is 58.1 Å². The molecule has 0 bridgehead atoms. The number of benzene rings is 1. The van der Waals surface area contributed by atoms with Crippen molar-refractivity contribution in [2.45, 2.75) is 37.8 Å². The molecule has 2 fully saturated rings. The Morgan fingerprint density at radius 3 is 2.93 bits per heavy atom. The summed E-state index contributed by atoms with van der Waals surface area (Å²) in [4.78, 5) is 33.5. The molecule has 3 atom stereocenters. The lowest BCUT2D eigenvalue weighted by Gasteiger charge is -2.24. The molecule has 2 aromatic rings. The zero-order valence-corrected chi connectivity index (χ0v) is 15.2. The number of nitrogens with one attached hydrogen (secondary N) is 2. The van der Waals surface area contributed by atoms with Gasteiger partial charge in [-0.15, -0.1) is 0 Å². The monoisotopic (exact) mass is 367 g/mol. The molecule has 1 aromatic heterocycles. The van der Waals surface area contributed by atoms with Gasteiger partial charge in [0.15, 0.2) is 0 Å². The second-order valence-electron chi connectivity index (χ2n) is 7.37. The Kier molecular flexibility index (Phi) is 4.94. The quantitative estimate of drug-likeness (QED) is 0.737. The van der Waals surface area contributed by atoms with Crippen LogP contribution >= 0.6 is 0 Å². The molecule has 2 aliphatic rings. The molecule has 142 valence electrons. The number of aromatic amines is 1. The number of carbonyl (C=O) groups is 1. The van der Waals surface area contributed by atoms with Crippen molar-refractivity contribution in [2.24, 2.45) is 5.92 Å².